The van der Waals surface area contributed by atoms with Crippen LogP contribution in [-0.4, -0.2) is 55.0 Å². The number of nitrogens with zero attached hydrogens (tertiary/aromatic N) is 6. The number of anilines is 1. The molecule has 1 fully saturated rings. The standard InChI is InChI=1S/C27H30F6N6O2/c1-16-6-22(15-38(16)24(40)41-25(2,3)4)39(23-34-10-18(11-35-23)19-12-36-37(5)14-19)13-17-7-20(26(28,29)30)9-21(8-17)27(31,32)33/h7-12,14,16,22H,6,13,15H2,1-5H3/t16-,22+/m1/s1. The number of ether oxygens (including phenoxy) is 1. The van der Waals surface area contributed by atoms with Crippen LogP contribution in [0.1, 0.15) is 50.8 Å². The largest absolute Gasteiger partial charge is 0.444 e. The number of carbonyl (C=O) groups excluding carboxylic acids is 1. The van der Waals surface area contributed by atoms with Crippen LogP contribution in [0.4, 0.5) is 37.1 Å². The Labute approximate surface area is 232 Å². The number of rotatable bonds is 5. The van der Waals surface area contributed by atoms with E-state index < -0.39 is 41.2 Å². The quantitative estimate of drug-likeness (QED) is 0.327. The molecule has 1 aliphatic rings. The molecule has 3 heterocycles. The van der Waals surface area contributed by atoms with Crippen molar-refractivity contribution in [1.29, 1.82) is 0 Å². The van der Waals surface area contributed by atoms with E-state index in [1.807, 2.05) is 0 Å². The van der Waals surface area contributed by atoms with E-state index in [4.69, 9.17) is 4.74 Å². The SMILES string of the molecule is C[C@@H]1C[C@H](N(Cc2cc(C(F)(F)F)cc(C(F)(F)F)c2)c2ncc(-c3cnn(C)c3)cn2)CN1C(=O)OC(C)(C)C. The summed E-state index contributed by atoms with van der Waals surface area (Å²) in [5, 5.41) is 4.10. The van der Waals surface area contributed by atoms with Gasteiger partial charge in [-0.05, 0) is 57.9 Å². The van der Waals surface area contributed by atoms with Crippen LogP contribution >= 0.6 is 0 Å². The first-order valence-corrected chi connectivity index (χ1v) is 12.8. The number of benzene rings is 1. The van der Waals surface area contributed by atoms with E-state index in [1.54, 1.807) is 51.8 Å². The van der Waals surface area contributed by atoms with E-state index in [9.17, 15) is 31.1 Å². The van der Waals surface area contributed by atoms with Crippen molar-refractivity contribution in [1.82, 2.24) is 24.6 Å². The zero-order valence-corrected chi connectivity index (χ0v) is 23.1. The molecule has 0 bridgehead atoms. The minimum absolute atomic E-state index is 0.0897. The minimum atomic E-state index is -4.99. The fourth-order valence-corrected chi connectivity index (χ4v) is 4.66. The Balaban J connectivity index is 1.72. The second-order valence-electron chi connectivity index (χ2n) is 11.1. The minimum Gasteiger partial charge on any atom is -0.444 e. The Bertz CT molecular complexity index is 1350. The number of hydrogen-bond acceptors (Lipinski definition) is 6. The van der Waals surface area contributed by atoms with Gasteiger partial charge in [0.1, 0.15) is 5.60 Å². The summed E-state index contributed by atoms with van der Waals surface area (Å²) in [5.74, 6) is 0.0897. The third-order valence-electron chi connectivity index (χ3n) is 6.56. The van der Waals surface area contributed by atoms with E-state index >= 15 is 0 Å². The highest BCUT2D eigenvalue weighted by molar-refractivity contribution is 5.69. The van der Waals surface area contributed by atoms with Gasteiger partial charge in [-0.3, -0.25) is 4.68 Å². The first-order chi connectivity index (χ1) is 18.9. The normalized spacial score (nSPS) is 18.1. The van der Waals surface area contributed by atoms with Crippen molar-refractivity contribution in [3.05, 3.63) is 59.7 Å². The van der Waals surface area contributed by atoms with E-state index in [1.165, 1.54) is 22.2 Å². The van der Waals surface area contributed by atoms with Gasteiger partial charge in [0.05, 0.1) is 23.4 Å². The Morgan fingerprint density at radius 1 is 0.976 bits per heavy atom. The van der Waals surface area contributed by atoms with Crippen LogP contribution in [0.5, 0.6) is 0 Å². The third-order valence-corrected chi connectivity index (χ3v) is 6.56. The van der Waals surface area contributed by atoms with Gasteiger partial charge < -0.3 is 14.5 Å². The lowest BCUT2D eigenvalue weighted by Crippen LogP contribution is -2.42. The number of amides is 1. The van der Waals surface area contributed by atoms with E-state index in [0.717, 1.165) is 5.56 Å². The van der Waals surface area contributed by atoms with E-state index in [0.29, 0.717) is 24.1 Å². The number of alkyl halides is 6. The number of aromatic nitrogens is 4. The average molecular weight is 585 g/mol. The molecule has 1 aromatic carbocycles. The van der Waals surface area contributed by atoms with Crippen LogP contribution in [0.3, 0.4) is 0 Å². The second-order valence-corrected chi connectivity index (χ2v) is 11.1. The van der Waals surface area contributed by atoms with Crippen molar-refractivity contribution in [2.45, 2.75) is 70.7 Å². The lowest BCUT2D eigenvalue weighted by Gasteiger charge is -2.30. The van der Waals surface area contributed by atoms with Gasteiger partial charge in [-0.2, -0.15) is 31.4 Å². The number of likely N-dealkylation sites (tertiary alicyclic amines) is 1. The molecule has 0 spiro atoms. The van der Waals surface area contributed by atoms with Gasteiger partial charge in [-0.15, -0.1) is 0 Å². The maximum absolute atomic E-state index is 13.6. The van der Waals surface area contributed by atoms with Gasteiger partial charge in [0.15, 0.2) is 0 Å². The fourth-order valence-electron chi connectivity index (χ4n) is 4.66. The molecule has 0 unspecified atom stereocenters. The highest BCUT2D eigenvalue weighted by Crippen LogP contribution is 2.37. The molecule has 222 valence electrons. The molecule has 2 atom stereocenters. The summed E-state index contributed by atoms with van der Waals surface area (Å²) in [6.07, 6.45) is -3.83. The molecular weight excluding hydrogens is 554 g/mol. The summed E-state index contributed by atoms with van der Waals surface area (Å²) in [5.41, 5.74) is -2.46. The van der Waals surface area contributed by atoms with Crippen LogP contribution in [0.15, 0.2) is 43.0 Å². The summed E-state index contributed by atoms with van der Waals surface area (Å²) in [4.78, 5) is 24.7. The third kappa shape index (κ3) is 7.27. The molecule has 3 aromatic rings. The monoisotopic (exact) mass is 584 g/mol. The maximum atomic E-state index is 13.6. The van der Waals surface area contributed by atoms with Crippen LogP contribution in [0.2, 0.25) is 0 Å². The van der Waals surface area contributed by atoms with Crippen LogP contribution in [0, 0.1) is 0 Å². The summed E-state index contributed by atoms with van der Waals surface area (Å²) in [6, 6.07) is 0.631. The summed E-state index contributed by atoms with van der Waals surface area (Å²) >= 11 is 0. The van der Waals surface area contributed by atoms with Crippen LogP contribution in [0.25, 0.3) is 11.1 Å². The van der Waals surface area contributed by atoms with Crippen molar-refractivity contribution in [3.8, 4) is 11.1 Å². The molecule has 4 rings (SSSR count). The maximum Gasteiger partial charge on any atom is 0.416 e. The molecule has 8 nitrogen and oxygen atoms in total. The van der Waals surface area contributed by atoms with Gasteiger partial charge in [0.25, 0.3) is 0 Å². The summed E-state index contributed by atoms with van der Waals surface area (Å²) in [6.45, 7) is 6.70. The number of hydrogen-bond donors (Lipinski definition) is 0. The van der Waals surface area contributed by atoms with Crippen molar-refractivity contribution in [3.63, 3.8) is 0 Å². The Hall–Kier alpha value is -3.84. The zero-order chi connectivity index (χ0) is 30.3. The van der Waals surface area contributed by atoms with Gasteiger partial charge in [-0.1, -0.05) is 0 Å². The number of halogens is 6. The Kier molecular flexibility index (Phi) is 7.98. The Morgan fingerprint density at radius 2 is 1.56 bits per heavy atom. The molecule has 0 radical (unpaired) electrons. The Morgan fingerprint density at radius 3 is 2.05 bits per heavy atom. The average Bonchev–Trinajstić information content (AvgIpc) is 3.46. The molecule has 2 aromatic heterocycles. The smallest absolute Gasteiger partial charge is 0.416 e. The zero-order valence-electron chi connectivity index (χ0n) is 23.1. The first-order valence-electron chi connectivity index (χ1n) is 12.8. The number of carbonyl (C=O) groups is 1. The lowest BCUT2D eigenvalue weighted by atomic mass is 10.0. The van der Waals surface area contributed by atoms with Gasteiger partial charge in [-0.25, -0.2) is 14.8 Å². The highest BCUT2D eigenvalue weighted by atomic mass is 19.4. The number of aryl methyl sites for hydroxylation is 1. The summed E-state index contributed by atoms with van der Waals surface area (Å²) in [7, 11) is 1.74. The molecule has 1 amide bonds. The van der Waals surface area contributed by atoms with Crippen molar-refractivity contribution in [2.75, 3.05) is 11.4 Å². The second kappa shape index (κ2) is 10.9. The fraction of sp³-hybridized carbons (Fsp3) is 0.481. The van der Waals surface area contributed by atoms with Crippen molar-refractivity contribution in [2.24, 2.45) is 7.05 Å². The molecule has 1 aliphatic heterocycles. The molecule has 0 saturated carbocycles. The van der Waals surface area contributed by atoms with Gasteiger partial charge in [0.2, 0.25) is 5.95 Å². The predicted molar refractivity (Wildman–Crippen MR) is 138 cm³/mol. The predicted octanol–water partition coefficient (Wildman–Crippen LogP) is 6.32. The molecule has 14 heteroatoms. The van der Waals surface area contributed by atoms with E-state index in [2.05, 4.69) is 15.1 Å². The molecule has 0 N–H and O–H groups in total. The topological polar surface area (TPSA) is 76.4 Å². The van der Waals surface area contributed by atoms with E-state index in [-0.39, 0.29) is 36.7 Å². The molecule has 0 aliphatic carbocycles. The highest BCUT2D eigenvalue weighted by Gasteiger charge is 2.40. The lowest BCUT2D eigenvalue weighted by molar-refractivity contribution is -0.143. The van der Waals surface area contributed by atoms with Crippen LogP contribution < -0.4 is 4.90 Å². The van der Waals surface area contributed by atoms with Crippen molar-refractivity contribution >= 4 is 12.0 Å². The van der Waals surface area contributed by atoms with Gasteiger partial charge >= 0.3 is 18.4 Å². The van der Waals surface area contributed by atoms with Crippen molar-refractivity contribution < 1.29 is 35.9 Å². The molecular formula is C27H30F6N6O2. The molecule has 41 heavy (non-hydrogen) atoms. The van der Waals surface area contributed by atoms with Crippen LogP contribution in [-0.2, 0) is 30.7 Å². The van der Waals surface area contributed by atoms with Gasteiger partial charge in [0, 0.05) is 55.9 Å². The summed E-state index contributed by atoms with van der Waals surface area (Å²) < 4.78 is 88.5. The molecule has 1 saturated heterocycles. The first kappa shape index (κ1) is 30.1.